The summed E-state index contributed by atoms with van der Waals surface area (Å²) in [6.45, 7) is 1.62. The number of carbonyl (C=O) groups excluding carboxylic acids is 1. The Labute approximate surface area is 139 Å². The molecule has 1 aliphatic rings. The lowest BCUT2D eigenvalue weighted by atomic mass is 9.96. The van der Waals surface area contributed by atoms with Crippen molar-refractivity contribution >= 4 is 5.91 Å². The van der Waals surface area contributed by atoms with Crippen LogP contribution in [0.4, 0.5) is 8.78 Å². The minimum Gasteiger partial charge on any atom is -0.384 e. The molecule has 2 aromatic rings. The van der Waals surface area contributed by atoms with Crippen LogP contribution >= 0.6 is 0 Å². The van der Waals surface area contributed by atoms with E-state index < -0.39 is 5.60 Å². The summed E-state index contributed by atoms with van der Waals surface area (Å²) in [5, 5.41) is 13.2. The number of rotatable bonds is 5. The van der Waals surface area contributed by atoms with Crippen molar-refractivity contribution in [1.29, 1.82) is 0 Å². The maximum absolute atomic E-state index is 13.0. The fourth-order valence-electron chi connectivity index (χ4n) is 2.86. The highest BCUT2D eigenvalue weighted by molar-refractivity contribution is 5.83. The summed E-state index contributed by atoms with van der Waals surface area (Å²) >= 11 is 0. The van der Waals surface area contributed by atoms with E-state index in [1.54, 1.807) is 19.1 Å². The normalized spacial score (nSPS) is 21.8. The molecule has 126 valence electrons. The van der Waals surface area contributed by atoms with Gasteiger partial charge in [0, 0.05) is 5.92 Å². The van der Waals surface area contributed by atoms with Gasteiger partial charge in [-0.25, -0.2) is 8.78 Å². The Kier molecular flexibility index (Phi) is 4.37. The SMILES string of the molecule is CC(O)(CNC(=O)C1CC1c1ccc(F)cc1)c1ccc(F)cc1. The molecule has 0 aromatic heterocycles. The summed E-state index contributed by atoms with van der Waals surface area (Å²) in [4.78, 5) is 12.2. The van der Waals surface area contributed by atoms with Crippen LogP contribution in [0.2, 0.25) is 0 Å². The Morgan fingerprint density at radius 3 is 2.25 bits per heavy atom. The Hall–Kier alpha value is -2.27. The minimum absolute atomic E-state index is 0.0457. The first-order valence-corrected chi connectivity index (χ1v) is 7.88. The lowest BCUT2D eigenvalue weighted by molar-refractivity contribution is -0.123. The van der Waals surface area contributed by atoms with Crippen molar-refractivity contribution in [3.05, 3.63) is 71.3 Å². The van der Waals surface area contributed by atoms with Crippen molar-refractivity contribution in [2.24, 2.45) is 5.92 Å². The second-order valence-electron chi connectivity index (χ2n) is 6.50. The van der Waals surface area contributed by atoms with E-state index in [-0.39, 0.29) is 35.9 Å². The van der Waals surface area contributed by atoms with E-state index in [1.807, 2.05) is 0 Å². The van der Waals surface area contributed by atoms with E-state index in [2.05, 4.69) is 5.32 Å². The number of amides is 1. The van der Waals surface area contributed by atoms with Crippen molar-refractivity contribution in [3.8, 4) is 0 Å². The highest BCUT2D eigenvalue weighted by Gasteiger charge is 2.44. The molecule has 3 nitrogen and oxygen atoms in total. The molecule has 3 unspecified atom stereocenters. The molecule has 1 saturated carbocycles. The predicted molar refractivity (Wildman–Crippen MR) is 86.2 cm³/mol. The Balaban J connectivity index is 1.56. The summed E-state index contributed by atoms with van der Waals surface area (Å²) in [6.07, 6.45) is 0.718. The molecule has 24 heavy (non-hydrogen) atoms. The van der Waals surface area contributed by atoms with Gasteiger partial charge in [0.05, 0.1) is 6.54 Å². The van der Waals surface area contributed by atoms with Crippen LogP contribution in [0.1, 0.15) is 30.4 Å². The minimum atomic E-state index is -1.27. The Morgan fingerprint density at radius 2 is 1.67 bits per heavy atom. The largest absolute Gasteiger partial charge is 0.384 e. The van der Waals surface area contributed by atoms with E-state index in [4.69, 9.17) is 0 Å². The van der Waals surface area contributed by atoms with Gasteiger partial charge in [-0.1, -0.05) is 24.3 Å². The molecule has 0 spiro atoms. The molecule has 3 rings (SSSR count). The highest BCUT2D eigenvalue weighted by atomic mass is 19.1. The number of aliphatic hydroxyl groups is 1. The van der Waals surface area contributed by atoms with Crippen molar-refractivity contribution in [3.63, 3.8) is 0 Å². The van der Waals surface area contributed by atoms with Crippen LogP contribution in [-0.2, 0) is 10.4 Å². The first-order chi connectivity index (χ1) is 11.4. The number of halogens is 2. The molecule has 0 aliphatic heterocycles. The van der Waals surface area contributed by atoms with Gasteiger partial charge in [-0.15, -0.1) is 0 Å². The van der Waals surface area contributed by atoms with E-state index in [0.717, 1.165) is 12.0 Å². The summed E-state index contributed by atoms with van der Waals surface area (Å²) < 4.78 is 25.9. The number of nitrogens with one attached hydrogen (secondary N) is 1. The Bertz CT molecular complexity index is 726. The predicted octanol–water partition coefficient (Wildman–Crippen LogP) is 3.09. The standard InChI is InChI=1S/C19H19F2NO2/c1-19(24,13-4-8-15(21)9-5-13)11-22-18(23)17-10-16(17)12-2-6-14(20)7-3-12/h2-9,16-17,24H,10-11H2,1H3,(H,22,23). The van der Waals surface area contributed by atoms with E-state index in [1.165, 1.54) is 36.4 Å². The van der Waals surface area contributed by atoms with Crippen LogP contribution in [0.25, 0.3) is 0 Å². The zero-order valence-corrected chi connectivity index (χ0v) is 13.3. The molecule has 2 N–H and O–H groups in total. The van der Waals surface area contributed by atoms with Gasteiger partial charge in [0.25, 0.3) is 0 Å². The first-order valence-electron chi connectivity index (χ1n) is 7.88. The van der Waals surface area contributed by atoms with Gasteiger partial charge in [0.15, 0.2) is 0 Å². The molecule has 0 bridgehead atoms. The first kappa shape index (κ1) is 16.6. The zero-order chi connectivity index (χ0) is 17.3. The van der Waals surface area contributed by atoms with Gasteiger partial charge >= 0.3 is 0 Å². The van der Waals surface area contributed by atoms with Gasteiger partial charge in [0.2, 0.25) is 5.91 Å². The molecule has 1 aliphatic carbocycles. The molecule has 1 amide bonds. The van der Waals surface area contributed by atoms with Crippen molar-refractivity contribution in [2.75, 3.05) is 6.54 Å². The third kappa shape index (κ3) is 3.62. The lowest BCUT2D eigenvalue weighted by Crippen LogP contribution is -2.39. The smallest absolute Gasteiger partial charge is 0.223 e. The van der Waals surface area contributed by atoms with E-state index in [9.17, 15) is 18.7 Å². The zero-order valence-electron chi connectivity index (χ0n) is 13.3. The lowest BCUT2D eigenvalue weighted by Gasteiger charge is -2.24. The third-order valence-corrected chi connectivity index (χ3v) is 4.50. The second kappa shape index (κ2) is 6.32. The summed E-state index contributed by atoms with van der Waals surface area (Å²) in [6, 6.07) is 11.7. The van der Waals surface area contributed by atoms with Crippen LogP contribution in [0.5, 0.6) is 0 Å². The number of hydrogen-bond donors (Lipinski definition) is 2. The van der Waals surface area contributed by atoms with Crippen LogP contribution in [-0.4, -0.2) is 17.6 Å². The van der Waals surface area contributed by atoms with Crippen LogP contribution in [0, 0.1) is 17.6 Å². The quantitative estimate of drug-likeness (QED) is 0.884. The summed E-state index contributed by atoms with van der Waals surface area (Å²) in [7, 11) is 0. The molecule has 3 atom stereocenters. The van der Waals surface area contributed by atoms with Crippen LogP contribution in [0.3, 0.4) is 0 Å². The average molecular weight is 331 g/mol. The second-order valence-corrected chi connectivity index (χ2v) is 6.50. The molecule has 0 radical (unpaired) electrons. The van der Waals surface area contributed by atoms with Crippen molar-refractivity contribution in [1.82, 2.24) is 5.32 Å². The van der Waals surface area contributed by atoms with Crippen molar-refractivity contribution in [2.45, 2.75) is 24.9 Å². The van der Waals surface area contributed by atoms with Gasteiger partial charge < -0.3 is 10.4 Å². The number of benzene rings is 2. The summed E-state index contributed by atoms with van der Waals surface area (Å²) in [5.41, 5.74) is 0.209. The van der Waals surface area contributed by atoms with Gasteiger partial charge in [-0.3, -0.25) is 4.79 Å². The average Bonchev–Trinajstić information content (AvgIpc) is 3.34. The van der Waals surface area contributed by atoms with Gasteiger partial charge in [-0.05, 0) is 54.7 Å². The molecule has 1 fully saturated rings. The van der Waals surface area contributed by atoms with Gasteiger partial charge in [0.1, 0.15) is 17.2 Å². The molecule has 2 aromatic carbocycles. The van der Waals surface area contributed by atoms with Gasteiger partial charge in [-0.2, -0.15) is 0 Å². The molecular formula is C19H19F2NO2. The fraction of sp³-hybridized carbons (Fsp3) is 0.316. The molecule has 5 heteroatoms. The third-order valence-electron chi connectivity index (χ3n) is 4.50. The van der Waals surface area contributed by atoms with Crippen molar-refractivity contribution < 1.29 is 18.7 Å². The molecule has 0 heterocycles. The van der Waals surface area contributed by atoms with Crippen LogP contribution < -0.4 is 5.32 Å². The summed E-state index contributed by atoms with van der Waals surface area (Å²) in [5.74, 6) is -0.859. The maximum Gasteiger partial charge on any atom is 0.223 e. The highest BCUT2D eigenvalue weighted by Crippen LogP contribution is 2.47. The monoisotopic (exact) mass is 331 g/mol. The fourth-order valence-corrected chi connectivity index (χ4v) is 2.86. The van der Waals surface area contributed by atoms with E-state index >= 15 is 0 Å². The molecular weight excluding hydrogens is 312 g/mol. The van der Waals surface area contributed by atoms with Crippen LogP contribution in [0.15, 0.2) is 48.5 Å². The topological polar surface area (TPSA) is 49.3 Å². The molecule has 0 saturated heterocycles. The van der Waals surface area contributed by atoms with E-state index in [0.29, 0.717) is 5.56 Å². The number of hydrogen-bond acceptors (Lipinski definition) is 2. The number of carbonyl (C=O) groups is 1. The maximum atomic E-state index is 13.0. The Morgan fingerprint density at radius 1 is 1.12 bits per heavy atom.